The van der Waals surface area contributed by atoms with Crippen LogP contribution in [0.3, 0.4) is 0 Å². The number of hydrogen-bond donors (Lipinski definition) is 2. The second kappa shape index (κ2) is 4.74. The lowest BCUT2D eigenvalue weighted by molar-refractivity contribution is -0.120. The van der Waals surface area contributed by atoms with Gasteiger partial charge in [-0.25, -0.2) is 4.99 Å². The SMILES string of the molecule is COc1cccc(Cl)c1C1N=C(NC2CC2)NC1=O. The van der Waals surface area contributed by atoms with Crippen LogP contribution in [0, 0.1) is 0 Å². The largest absolute Gasteiger partial charge is 0.496 e. The third kappa shape index (κ3) is 2.38. The molecule has 19 heavy (non-hydrogen) atoms. The van der Waals surface area contributed by atoms with Crippen molar-refractivity contribution in [1.29, 1.82) is 0 Å². The lowest BCUT2D eigenvalue weighted by atomic mass is 10.1. The highest BCUT2D eigenvalue weighted by Gasteiger charge is 2.34. The molecule has 2 aliphatic rings. The van der Waals surface area contributed by atoms with E-state index in [4.69, 9.17) is 16.3 Å². The lowest BCUT2D eigenvalue weighted by Crippen LogP contribution is -2.37. The zero-order valence-corrected chi connectivity index (χ0v) is 11.2. The number of ether oxygens (including phenoxy) is 1. The van der Waals surface area contributed by atoms with Crippen molar-refractivity contribution in [3.63, 3.8) is 0 Å². The Morgan fingerprint density at radius 1 is 1.47 bits per heavy atom. The van der Waals surface area contributed by atoms with E-state index in [1.165, 1.54) is 0 Å². The fraction of sp³-hybridized carbons (Fsp3) is 0.385. The first-order valence-electron chi connectivity index (χ1n) is 6.16. The van der Waals surface area contributed by atoms with Crippen LogP contribution in [0.15, 0.2) is 23.2 Å². The highest BCUT2D eigenvalue weighted by Crippen LogP contribution is 2.35. The number of halogens is 1. The maximum absolute atomic E-state index is 12.0. The van der Waals surface area contributed by atoms with Crippen LogP contribution in [0.4, 0.5) is 0 Å². The first-order valence-corrected chi connectivity index (χ1v) is 6.54. The minimum absolute atomic E-state index is 0.186. The number of amides is 1. The van der Waals surface area contributed by atoms with Crippen molar-refractivity contribution in [2.24, 2.45) is 4.99 Å². The minimum atomic E-state index is -0.648. The number of nitrogens with one attached hydrogen (secondary N) is 2. The summed E-state index contributed by atoms with van der Waals surface area (Å²) in [6, 6.07) is 5.07. The van der Waals surface area contributed by atoms with Gasteiger partial charge in [-0.1, -0.05) is 17.7 Å². The zero-order chi connectivity index (χ0) is 13.4. The molecule has 1 aromatic rings. The number of carbonyl (C=O) groups excluding carboxylic acids is 1. The van der Waals surface area contributed by atoms with E-state index in [0.717, 1.165) is 12.8 Å². The molecule has 1 saturated carbocycles. The summed E-state index contributed by atoms with van der Waals surface area (Å²) in [5.74, 6) is 0.915. The number of rotatable bonds is 3. The molecule has 0 spiro atoms. The third-order valence-electron chi connectivity index (χ3n) is 3.17. The molecule has 2 N–H and O–H groups in total. The fourth-order valence-corrected chi connectivity index (χ4v) is 2.32. The van der Waals surface area contributed by atoms with E-state index < -0.39 is 6.04 Å². The second-order valence-corrected chi connectivity index (χ2v) is 5.05. The van der Waals surface area contributed by atoms with Crippen LogP contribution in [-0.4, -0.2) is 25.0 Å². The predicted molar refractivity (Wildman–Crippen MR) is 72.5 cm³/mol. The normalized spacial score (nSPS) is 21.9. The van der Waals surface area contributed by atoms with Gasteiger partial charge in [0, 0.05) is 11.6 Å². The number of hydrogen-bond acceptors (Lipinski definition) is 4. The minimum Gasteiger partial charge on any atom is -0.496 e. The van der Waals surface area contributed by atoms with Crippen LogP contribution in [-0.2, 0) is 4.79 Å². The highest BCUT2D eigenvalue weighted by atomic mass is 35.5. The molecule has 1 aliphatic heterocycles. The summed E-state index contributed by atoms with van der Waals surface area (Å²) in [7, 11) is 1.55. The molecular formula is C13H14ClN3O2. The fourth-order valence-electron chi connectivity index (χ4n) is 2.06. The molecule has 6 heteroatoms. The number of nitrogens with zero attached hydrogens (tertiary/aromatic N) is 1. The molecule has 1 unspecified atom stereocenters. The summed E-state index contributed by atoms with van der Waals surface area (Å²) in [6.07, 6.45) is 2.24. The molecule has 3 rings (SSSR count). The van der Waals surface area contributed by atoms with Crippen LogP contribution in [0.25, 0.3) is 0 Å². The van der Waals surface area contributed by atoms with E-state index >= 15 is 0 Å². The van der Waals surface area contributed by atoms with Crippen LogP contribution < -0.4 is 15.4 Å². The summed E-state index contributed by atoms with van der Waals surface area (Å²) in [5, 5.41) is 6.39. The average Bonchev–Trinajstić information content (AvgIpc) is 3.12. The van der Waals surface area contributed by atoms with Gasteiger partial charge in [-0.2, -0.15) is 0 Å². The topological polar surface area (TPSA) is 62.7 Å². The van der Waals surface area contributed by atoms with Gasteiger partial charge in [-0.3, -0.25) is 10.1 Å². The summed E-state index contributed by atoms with van der Waals surface area (Å²) in [5.41, 5.74) is 0.608. The molecule has 100 valence electrons. The number of aliphatic imine (C=N–C) groups is 1. The first kappa shape index (κ1) is 12.3. The highest BCUT2D eigenvalue weighted by molar-refractivity contribution is 6.32. The van der Waals surface area contributed by atoms with Crippen molar-refractivity contribution in [2.75, 3.05) is 7.11 Å². The number of methoxy groups -OCH3 is 1. The Morgan fingerprint density at radius 3 is 2.95 bits per heavy atom. The van der Waals surface area contributed by atoms with E-state index in [9.17, 15) is 4.79 Å². The Morgan fingerprint density at radius 2 is 2.26 bits per heavy atom. The van der Waals surface area contributed by atoms with E-state index in [1.807, 2.05) is 0 Å². The van der Waals surface area contributed by atoms with Gasteiger partial charge in [0.2, 0.25) is 0 Å². The molecule has 1 fully saturated rings. The molecule has 0 bridgehead atoms. The monoisotopic (exact) mass is 279 g/mol. The number of guanidine groups is 1. The molecule has 1 amide bonds. The van der Waals surface area contributed by atoms with E-state index in [0.29, 0.717) is 28.3 Å². The van der Waals surface area contributed by atoms with Crippen molar-refractivity contribution >= 4 is 23.5 Å². The van der Waals surface area contributed by atoms with Crippen LogP contribution in [0.5, 0.6) is 5.75 Å². The smallest absolute Gasteiger partial charge is 0.256 e. The maximum atomic E-state index is 12.0. The van der Waals surface area contributed by atoms with Crippen molar-refractivity contribution < 1.29 is 9.53 Å². The summed E-state index contributed by atoms with van der Waals surface area (Å²) in [4.78, 5) is 16.4. The van der Waals surface area contributed by atoms with E-state index in [2.05, 4.69) is 15.6 Å². The van der Waals surface area contributed by atoms with Gasteiger partial charge in [-0.15, -0.1) is 0 Å². The standard InChI is InChI=1S/C13H14ClN3O2/c1-19-9-4-2-3-8(14)10(9)11-12(18)17-13(16-11)15-7-5-6-7/h2-4,7,11H,5-6H2,1H3,(H2,15,16,17,18). The first-order chi connectivity index (χ1) is 9.19. The predicted octanol–water partition coefficient (Wildman–Crippen LogP) is 1.63. The number of benzene rings is 1. The molecule has 1 heterocycles. The van der Waals surface area contributed by atoms with Crippen molar-refractivity contribution in [2.45, 2.75) is 24.9 Å². The molecule has 0 aromatic heterocycles. The Balaban J connectivity index is 1.92. The zero-order valence-electron chi connectivity index (χ0n) is 10.4. The van der Waals surface area contributed by atoms with Crippen molar-refractivity contribution in [3.8, 4) is 5.75 Å². The van der Waals surface area contributed by atoms with Gasteiger partial charge in [0.25, 0.3) is 5.91 Å². The lowest BCUT2D eigenvalue weighted by Gasteiger charge is -2.12. The summed E-state index contributed by atoms with van der Waals surface area (Å²) in [6.45, 7) is 0. The van der Waals surface area contributed by atoms with Gasteiger partial charge in [0.05, 0.1) is 12.1 Å². The Bertz CT molecular complexity index is 555. The molecule has 0 radical (unpaired) electrons. The Kier molecular flexibility index (Phi) is 3.06. The summed E-state index contributed by atoms with van der Waals surface area (Å²) >= 11 is 6.17. The van der Waals surface area contributed by atoms with E-state index in [1.54, 1.807) is 25.3 Å². The molecule has 1 atom stereocenters. The maximum Gasteiger partial charge on any atom is 0.256 e. The van der Waals surface area contributed by atoms with Gasteiger partial charge in [0.15, 0.2) is 12.0 Å². The Labute approximate surface area is 116 Å². The quantitative estimate of drug-likeness (QED) is 0.884. The van der Waals surface area contributed by atoms with Crippen LogP contribution in [0.2, 0.25) is 5.02 Å². The van der Waals surface area contributed by atoms with Crippen molar-refractivity contribution in [3.05, 3.63) is 28.8 Å². The average molecular weight is 280 g/mol. The van der Waals surface area contributed by atoms with Gasteiger partial charge >= 0.3 is 0 Å². The van der Waals surface area contributed by atoms with E-state index in [-0.39, 0.29) is 5.91 Å². The van der Waals surface area contributed by atoms with Crippen LogP contribution in [0.1, 0.15) is 24.4 Å². The molecular weight excluding hydrogens is 266 g/mol. The molecule has 0 saturated heterocycles. The summed E-state index contributed by atoms with van der Waals surface area (Å²) < 4.78 is 5.26. The number of carbonyl (C=O) groups is 1. The van der Waals surface area contributed by atoms with Gasteiger partial charge in [0.1, 0.15) is 5.75 Å². The molecule has 5 nitrogen and oxygen atoms in total. The molecule has 1 aliphatic carbocycles. The van der Waals surface area contributed by atoms with Crippen molar-refractivity contribution in [1.82, 2.24) is 10.6 Å². The van der Waals surface area contributed by atoms with Gasteiger partial charge < -0.3 is 10.1 Å². The Hall–Kier alpha value is -1.75. The third-order valence-corrected chi connectivity index (χ3v) is 3.50. The van der Waals surface area contributed by atoms with Crippen LogP contribution >= 0.6 is 11.6 Å². The van der Waals surface area contributed by atoms with Gasteiger partial charge in [-0.05, 0) is 25.0 Å². The molecule has 1 aromatic carbocycles. The second-order valence-electron chi connectivity index (χ2n) is 4.64.